The maximum absolute atomic E-state index is 14.0. The third kappa shape index (κ3) is 13.8. The Morgan fingerprint density at radius 1 is 1.05 bits per heavy atom. The number of nitrogens with one attached hydrogen (secondary N) is 3. The van der Waals surface area contributed by atoms with E-state index >= 15 is 0 Å². The maximum atomic E-state index is 14.0. The predicted octanol–water partition coefficient (Wildman–Crippen LogP) is 2.54. The van der Waals surface area contributed by atoms with E-state index in [2.05, 4.69) is 20.9 Å². The molecule has 0 fully saturated rings. The number of aliphatic hydroxyl groups is 2. The lowest BCUT2D eigenvalue weighted by molar-refractivity contribution is -0.126. The van der Waals surface area contributed by atoms with Crippen molar-refractivity contribution in [3.63, 3.8) is 0 Å². The number of amides is 3. The van der Waals surface area contributed by atoms with E-state index in [0.717, 1.165) is 30.7 Å². The first kappa shape index (κ1) is 38.5. The number of carbonyl (C=O) groups excluding carboxylic acids is 3. The molecule has 0 aliphatic rings. The van der Waals surface area contributed by atoms with Crippen molar-refractivity contribution >= 4 is 29.5 Å². The summed E-state index contributed by atoms with van der Waals surface area (Å²) in [6.45, 7) is 3.43. The van der Waals surface area contributed by atoms with Gasteiger partial charge in [-0.15, -0.1) is 0 Å². The molecule has 12 nitrogen and oxygen atoms in total. The molecule has 0 aliphatic carbocycles. The lowest BCUT2D eigenvalue weighted by Crippen LogP contribution is -2.59. The van der Waals surface area contributed by atoms with Crippen LogP contribution in [0.2, 0.25) is 0 Å². The summed E-state index contributed by atoms with van der Waals surface area (Å²) in [7, 11) is 1.44. The average molecular weight is 647 g/mol. The first-order valence-corrected chi connectivity index (χ1v) is 15.0. The topological polar surface area (TPSA) is 184 Å². The molecule has 0 radical (unpaired) electrons. The quantitative estimate of drug-likeness (QED) is 0.151. The lowest BCUT2D eigenvalue weighted by atomic mass is 9.92. The maximum Gasteiger partial charge on any atom is 0.253 e. The number of halogens is 2. The van der Waals surface area contributed by atoms with Crippen LogP contribution in [0.1, 0.15) is 51.9 Å². The minimum atomic E-state index is -1.68. The van der Waals surface area contributed by atoms with Gasteiger partial charge in [0, 0.05) is 57.6 Å². The molecular formula is C29H44F2N4O8S. The molecule has 1 aromatic heterocycles. The summed E-state index contributed by atoms with van der Waals surface area (Å²) in [6, 6.07) is 2.68. The highest BCUT2D eigenvalue weighted by Crippen LogP contribution is 2.17. The molecular weight excluding hydrogens is 602 g/mol. The number of methoxy groups -OCH3 is 1. The number of carbonyl (C=O) groups is 3. The fraction of sp³-hybridized carbons (Fsp3) is 0.517. The number of hydrogen-bond donors (Lipinski definition) is 5. The van der Waals surface area contributed by atoms with Gasteiger partial charge in [0.05, 0.1) is 17.6 Å². The van der Waals surface area contributed by atoms with Crippen LogP contribution in [0.25, 0.3) is 0 Å². The van der Waals surface area contributed by atoms with Gasteiger partial charge in [-0.3, -0.25) is 19.4 Å². The third-order valence-electron chi connectivity index (χ3n) is 6.37. The Labute approximate surface area is 261 Å². The molecule has 1 heterocycles. The highest BCUT2D eigenvalue weighted by molar-refractivity contribution is 7.99. The van der Waals surface area contributed by atoms with Crippen molar-refractivity contribution in [2.45, 2.75) is 69.9 Å². The molecule has 3 amide bonds. The number of thioether (sulfide) groups is 1. The molecule has 248 valence electrons. The second kappa shape index (κ2) is 21.2. The van der Waals surface area contributed by atoms with Crippen LogP contribution < -0.4 is 16.0 Å². The normalized spacial score (nSPS) is 14.2. The van der Waals surface area contributed by atoms with Crippen molar-refractivity contribution in [3.8, 4) is 0 Å². The molecule has 2 rings (SSSR count). The highest BCUT2D eigenvalue weighted by atomic mass is 32.2. The van der Waals surface area contributed by atoms with Crippen LogP contribution in [-0.2, 0) is 20.7 Å². The van der Waals surface area contributed by atoms with E-state index in [0.29, 0.717) is 6.07 Å². The minimum absolute atomic E-state index is 0. The minimum Gasteiger partial charge on any atom is -0.388 e. The predicted molar refractivity (Wildman–Crippen MR) is 167 cm³/mol. The molecule has 0 saturated carbocycles. The van der Waals surface area contributed by atoms with Crippen LogP contribution in [0, 0.1) is 21.6 Å². The Kier molecular flexibility index (Phi) is 18.6. The van der Waals surface area contributed by atoms with Gasteiger partial charge in [0.25, 0.3) is 5.91 Å². The van der Waals surface area contributed by atoms with Crippen molar-refractivity contribution in [1.29, 1.82) is 0 Å². The Balaban J connectivity index is 0. The molecule has 2 aromatic rings. The van der Waals surface area contributed by atoms with Gasteiger partial charge in [-0.05, 0) is 54.8 Å². The molecule has 0 aliphatic heterocycles. The summed E-state index contributed by atoms with van der Waals surface area (Å²) in [5.74, 6) is -2.41. The van der Waals surface area contributed by atoms with Gasteiger partial charge in [-0.1, -0.05) is 13.3 Å². The van der Waals surface area contributed by atoms with Gasteiger partial charge < -0.3 is 30.9 Å². The largest absolute Gasteiger partial charge is 0.388 e. The van der Waals surface area contributed by atoms with Crippen molar-refractivity contribution in [2.24, 2.45) is 0 Å². The van der Waals surface area contributed by atoms with E-state index in [1.807, 2.05) is 6.92 Å². The summed E-state index contributed by atoms with van der Waals surface area (Å²) in [5.41, 5.74) is 0.359. The molecule has 0 saturated heterocycles. The van der Waals surface area contributed by atoms with Crippen molar-refractivity contribution in [3.05, 3.63) is 75.4 Å². The summed E-state index contributed by atoms with van der Waals surface area (Å²) < 4.78 is 33.0. The first-order chi connectivity index (χ1) is 21.0. The van der Waals surface area contributed by atoms with Crippen molar-refractivity contribution < 1.29 is 41.0 Å². The Morgan fingerprint density at radius 2 is 1.70 bits per heavy atom. The van der Waals surface area contributed by atoms with Crippen LogP contribution in [-0.4, -0.2) is 88.5 Å². The molecule has 0 unspecified atom stereocenters. The summed E-state index contributed by atoms with van der Waals surface area (Å²) in [5, 5.41) is 30.2. The number of rotatable bonds is 18. The van der Waals surface area contributed by atoms with Gasteiger partial charge in [0.2, 0.25) is 11.8 Å². The fourth-order valence-corrected chi connectivity index (χ4v) is 5.33. The van der Waals surface area contributed by atoms with E-state index in [9.17, 15) is 33.4 Å². The first-order valence-electron chi connectivity index (χ1n) is 13.9. The number of benzene rings is 1. The van der Waals surface area contributed by atoms with Gasteiger partial charge in [-0.2, -0.15) is 11.8 Å². The van der Waals surface area contributed by atoms with Gasteiger partial charge >= 0.3 is 0 Å². The second-order valence-electron chi connectivity index (χ2n) is 9.86. The molecule has 1 aromatic carbocycles. The number of aliphatic hydroxyl groups excluding tert-OH is 2. The van der Waals surface area contributed by atoms with E-state index in [4.69, 9.17) is 14.7 Å². The second-order valence-corrected chi connectivity index (χ2v) is 11.0. The molecule has 0 spiro atoms. The van der Waals surface area contributed by atoms with Crippen molar-refractivity contribution in [2.75, 3.05) is 25.2 Å². The van der Waals surface area contributed by atoms with Crippen molar-refractivity contribution in [1.82, 2.24) is 20.9 Å². The number of ether oxygens (including phenoxy) is 1. The highest BCUT2D eigenvalue weighted by Gasteiger charge is 2.35. The van der Waals surface area contributed by atoms with Crippen LogP contribution >= 0.6 is 11.8 Å². The zero-order chi connectivity index (χ0) is 33.1. The zero-order valence-corrected chi connectivity index (χ0v) is 25.6. The number of hydrogen-bond acceptors (Lipinski definition) is 10. The van der Waals surface area contributed by atoms with E-state index in [1.54, 1.807) is 12.1 Å². The zero-order valence-electron chi connectivity index (χ0n) is 24.8. The standard InChI is InChI=1S/C29H40F2N4O6S.O2.2H2/c1-4-5-11-42-17-25(35-28(39)20-7-6-9-32-16-20)29(40)34-24(14-19-12-21(30)15-22(31)13-19)27(38)26(37)23(8-10-41-3)33-18(2)36;1-2;;/h6-7,9,12-13,15-16,23-27,37-38H,4-5,8,10-11,14,17H2,1-3H3,(H,33,36)(H,34,40)(H,35,39);;2*1H/t23-,24+,25-,26-,27-;;;/m1.../s1. The van der Waals surface area contributed by atoms with E-state index in [-0.39, 0.29) is 39.2 Å². The van der Waals surface area contributed by atoms with Gasteiger partial charge in [0.1, 0.15) is 29.9 Å². The summed E-state index contributed by atoms with van der Waals surface area (Å²) in [6.07, 6.45) is 1.32. The fourth-order valence-electron chi connectivity index (χ4n) is 4.20. The molecule has 44 heavy (non-hydrogen) atoms. The molecule has 0 bridgehead atoms. The van der Waals surface area contributed by atoms with Crippen LogP contribution in [0.3, 0.4) is 0 Å². The SMILES string of the molecule is CCCCSC[C@@H](NC(=O)c1cccnc1)C(=O)N[C@@H](Cc1cc(F)cc(F)c1)[C@@H](O)[C@H](O)[C@@H](CCOC)NC(C)=O.O=O.[HH].[HH]. The lowest BCUT2D eigenvalue weighted by Gasteiger charge is -2.33. The van der Waals surface area contributed by atoms with Gasteiger partial charge in [-0.25, -0.2) is 8.78 Å². The number of pyridine rings is 1. The molecule has 5 atom stereocenters. The number of unbranched alkanes of at least 4 members (excludes halogenated alkanes) is 1. The van der Waals surface area contributed by atoms with Crippen LogP contribution in [0.4, 0.5) is 8.78 Å². The van der Waals surface area contributed by atoms with Crippen LogP contribution in [0.5, 0.6) is 0 Å². The monoisotopic (exact) mass is 646 g/mol. The summed E-state index contributed by atoms with van der Waals surface area (Å²) in [4.78, 5) is 56.1. The molecule has 15 heteroatoms. The van der Waals surface area contributed by atoms with E-state index in [1.165, 1.54) is 38.2 Å². The number of aromatic nitrogens is 1. The number of nitrogens with zero attached hydrogens (tertiary/aromatic N) is 1. The Bertz CT molecular complexity index is 1160. The molecule has 5 N–H and O–H groups in total. The van der Waals surface area contributed by atoms with Crippen LogP contribution in [0.15, 0.2) is 42.7 Å². The summed E-state index contributed by atoms with van der Waals surface area (Å²) >= 11 is 1.46. The van der Waals surface area contributed by atoms with Gasteiger partial charge in [0.15, 0.2) is 0 Å². The smallest absolute Gasteiger partial charge is 0.253 e. The Hall–Kier alpha value is -3.53. The van der Waals surface area contributed by atoms with E-state index < -0.39 is 59.7 Å². The average Bonchev–Trinajstić information content (AvgIpc) is 3.00. The Morgan fingerprint density at radius 3 is 2.27 bits per heavy atom. The third-order valence-corrected chi connectivity index (χ3v) is 7.52.